The van der Waals surface area contributed by atoms with Gasteiger partial charge in [-0.1, -0.05) is 23.7 Å². The molecule has 1 aliphatic heterocycles. The van der Waals surface area contributed by atoms with E-state index in [0.29, 0.717) is 6.04 Å². The lowest BCUT2D eigenvalue weighted by Crippen LogP contribution is -2.23. The number of rotatable bonds is 2. The van der Waals surface area contributed by atoms with Crippen LogP contribution in [0, 0.1) is 0 Å². The molecule has 0 aromatic heterocycles. The molecule has 0 bridgehead atoms. The zero-order valence-corrected chi connectivity index (χ0v) is 8.35. The maximum absolute atomic E-state index is 5.81. The molecule has 0 aliphatic carbocycles. The first kappa shape index (κ1) is 9.04. The molecule has 1 saturated heterocycles. The van der Waals surface area contributed by atoms with E-state index in [9.17, 15) is 0 Å². The molecule has 1 heterocycles. The minimum absolute atomic E-state index is 0.682. The molecule has 70 valence electrons. The number of nitrogens with one attached hydrogen (secondary N) is 1. The van der Waals surface area contributed by atoms with E-state index in [-0.39, 0.29) is 0 Å². The van der Waals surface area contributed by atoms with Gasteiger partial charge in [-0.05, 0) is 43.5 Å². The van der Waals surface area contributed by atoms with Gasteiger partial charge in [-0.15, -0.1) is 0 Å². The van der Waals surface area contributed by atoms with E-state index in [4.69, 9.17) is 11.6 Å². The minimum atomic E-state index is 0.682. The van der Waals surface area contributed by atoms with Gasteiger partial charge in [-0.25, -0.2) is 0 Å². The maximum Gasteiger partial charge on any atom is 0.0406 e. The van der Waals surface area contributed by atoms with Crippen molar-refractivity contribution in [1.82, 2.24) is 5.32 Å². The summed E-state index contributed by atoms with van der Waals surface area (Å²) in [4.78, 5) is 0. The zero-order valence-electron chi connectivity index (χ0n) is 7.59. The fourth-order valence-electron chi connectivity index (χ4n) is 1.84. The molecular weight excluding hydrogens is 182 g/mol. The van der Waals surface area contributed by atoms with E-state index in [0.717, 1.165) is 11.4 Å². The summed E-state index contributed by atoms with van der Waals surface area (Å²) in [5.74, 6) is 0. The smallest absolute Gasteiger partial charge is 0.0406 e. The van der Waals surface area contributed by atoms with Crippen molar-refractivity contribution in [3.8, 4) is 0 Å². The average molecular weight is 196 g/mol. The molecule has 1 aromatic rings. The predicted octanol–water partition coefficient (Wildman–Crippen LogP) is 2.63. The molecule has 0 unspecified atom stereocenters. The van der Waals surface area contributed by atoms with Crippen molar-refractivity contribution in [1.29, 1.82) is 0 Å². The maximum atomic E-state index is 5.81. The van der Waals surface area contributed by atoms with Crippen LogP contribution in [0.5, 0.6) is 0 Å². The molecule has 1 aromatic carbocycles. The Labute approximate surface area is 84.1 Å². The Hall–Kier alpha value is -0.530. The highest BCUT2D eigenvalue weighted by atomic mass is 35.5. The van der Waals surface area contributed by atoms with Crippen LogP contribution in [0.15, 0.2) is 24.3 Å². The van der Waals surface area contributed by atoms with Gasteiger partial charge in [0.05, 0.1) is 0 Å². The van der Waals surface area contributed by atoms with Crippen LogP contribution in [0.3, 0.4) is 0 Å². The summed E-state index contributed by atoms with van der Waals surface area (Å²) >= 11 is 5.81. The second-order valence-electron chi connectivity index (χ2n) is 3.62. The van der Waals surface area contributed by atoms with E-state index >= 15 is 0 Å². The molecule has 13 heavy (non-hydrogen) atoms. The molecule has 0 saturated carbocycles. The summed E-state index contributed by atoms with van der Waals surface area (Å²) in [6, 6.07) is 8.84. The highest BCUT2D eigenvalue weighted by Gasteiger charge is 2.13. The first-order valence-electron chi connectivity index (χ1n) is 4.82. The van der Waals surface area contributed by atoms with Crippen LogP contribution < -0.4 is 5.32 Å². The normalized spacial score (nSPS) is 22.1. The molecule has 0 amide bonds. The van der Waals surface area contributed by atoms with Gasteiger partial charge < -0.3 is 5.32 Å². The molecule has 1 aliphatic rings. The van der Waals surface area contributed by atoms with Gasteiger partial charge in [0.15, 0.2) is 0 Å². The van der Waals surface area contributed by atoms with Crippen LogP contribution in [0.4, 0.5) is 0 Å². The summed E-state index contributed by atoms with van der Waals surface area (Å²) in [5, 5.41) is 4.31. The quantitative estimate of drug-likeness (QED) is 0.765. The predicted molar refractivity (Wildman–Crippen MR) is 56.2 cm³/mol. The lowest BCUT2D eigenvalue weighted by atomic mass is 10.1. The summed E-state index contributed by atoms with van der Waals surface area (Å²) in [5.41, 5.74) is 1.38. The topological polar surface area (TPSA) is 12.0 Å². The van der Waals surface area contributed by atoms with Gasteiger partial charge in [0.1, 0.15) is 0 Å². The molecule has 1 nitrogen and oxygen atoms in total. The third kappa shape index (κ3) is 2.45. The van der Waals surface area contributed by atoms with E-state index < -0.39 is 0 Å². The van der Waals surface area contributed by atoms with Crippen LogP contribution in [0.25, 0.3) is 0 Å². The lowest BCUT2D eigenvalue weighted by molar-refractivity contribution is 0.603. The zero-order chi connectivity index (χ0) is 9.10. The van der Waals surface area contributed by atoms with E-state index in [1.807, 2.05) is 12.1 Å². The molecule has 2 rings (SSSR count). The van der Waals surface area contributed by atoms with Crippen LogP contribution in [-0.4, -0.2) is 12.6 Å². The standard InChI is InChI=1S/C11H14ClN/c12-10-5-3-9(4-6-10)8-11-2-1-7-13-11/h3-6,11,13H,1-2,7-8H2/t11-/m0/s1. The van der Waals surface area contributed by atoms with E-state index in [1.54, 1.807) is 0 Å². The van der Waals surface area contributed by atoms with Gasteiger partial charge in [-0.2, -0.15) is 0 Å². The van der Waals surface area contributed by atoms with Crippen molar-refractivity contribution < 1.29 is 0 Å². The SMILES string of the molecule is Clc1ccc(C[C@@H]2CCCN2)cc1. The second-order valence-corrected chi connectivity index (χ2v) is 4.06. The number of hydrogen-bond donors (Lipinski definition) is 1. The van der Waals surface area contributed by atoms with Crippen LogP contribution in [0.1, 0.15) is 18.4 Å². The second kappa shape index (κ2) is 4.12. The van der Waals surface area contributed by atoms with Crippen molar-refractivity contribution in [3.63, 3.8) is 0 Å². The molecule has 0 radical (unpaired) electrons. The Morgan fingerprint density at radius 1 is 1.31 bits per heavy atom. The first-order valence-corrected chi connectivity index (χ1v) is 5.20. The highest BCUT2D eigenvalue weighted by molar-refractivity contribution is 6.30. The van der Waals surface area contributed by atoms with Crippen molar-refractivity contribution in [2.24, 2.45) is 0 Å². The van der Waals surface area contributed by atoms with Crippen LogP contribution in [0.2, 0.25) is 5.02 Å². The van der Waals surface area contributed by atoms with Gasteiger partial charge in [-0.3, -0.25) is 0 Å². The van der Waals surface area contributed by atoms with Gasteiger partial charge in [0, 0.05) is 11.1 Å². The Morgan fingerprint density at radius 2 is 2.08 bits per heavy atom. The van der Waals surface area contributed by atoms with Gasteiger partial charge in [0.2, 0.25) is 0 Å². The summed E-state index contributed by atoms with van der Waals surface area (Å²) in [7, 11) is 0. The molecule has 1 atom stereocenters. The minimum Gasteiger partial charge on any atom is -0.314 e. The highest BCUT2D eigenvalue weighted by Crippen LogP contribution is 2.14. The van der Waals surface area contributed by atoms with E-state index in [1.165, 1.54) is 24.9 Å². The van der Waals surface area contributed by atoms with E-state index in [2.05, 4.69) is 17.4 Å². The Morgan fingerprint density at radius 3 is 2.69 bits per heavy atom. The Balaban J connectivity index is 1.97. The van der Waals surface area contributed by atoms with Crippen LogP contribution in [-0.2, 0) is 6.42 Å². The van der Waals surface area contributed by atoms with Crippen LogP contribution >= 0.6 is 11.6 Å². The summed E-state index contributed by atoms with van der Waals surface area (Å²) in [6.45, 7) is 1.18. The fourth-order valence-corrected chi connectivity index (χ4v) is 1.96. The number of benzene rings is 1. The molecule has 0 spiro atoms. The first-order chi connectivity index (χ1) is 6.34. The monoisotopic (exact) mass is 195 g/mol. The Kier molecular flexibility index (Phi) is 2.87. The molecule has 1 N–H and O–H groups in total. The van der Waals surface area contributed by atoms with Gasteiger partial charge in [0.25, 0.3) is 0 Å². The average Bonchev–Trinajstić information content (AvgIpc) is 2.62. The number of halogens is 1. The summed E-state index contributed by atoms with van der Waals surface area (Å²) < 4.78 is 0. The molecule has 2 heteroatoms. The summed E-state index contributed by atoms with van der Waals surface area (Å²) in [6.07, 6.45) is 3.76. The number of hydrogen-bond acceptors (Lipinski definition) is 1. The Bertz CT molecular complexity index is 262. The van der Waals surface area contributed by atoms with Crippen molar-refractivity contribution in [2.45, 2.75) is 25.3 Å². The third-order valence-electron chi connectivity index (χ3n) is 2.56. The fraction of sp³-hybridized carbons (Fsp3) is 0.455. The van der Waals surface area contributed by atoms with Gasteiger partial charge >= 0.3 is 0 Å². The molecule has 1 fully saturated rings. The third-order valence-corrected chi connectivity index (χ3v) is 2.81. The molecular formula is C11H14ClN. The van der Waals surface area contributed by atoms with Crippen molar-refractivity contribution in [3.05, 3.63) is 34.9 Å². The largest absolute Gasteiger partial charge is 0.314 e. The van der Waals surface area contributed by atoms with Crippen molar-refractivity contribution in [2.75, 3.05) is 6.54 Å². The lowest BCUT2D eigenvalue weighted by Gasteiger charge is -2.09. The van der Waals surface area contributed by atoms with Crippen molar-refractivity contribution >= 4 is 11.6 Å².